The summed E-state index contributed by atoms with van der Waals surface area (Å²) in [7, 11) is 0. The van der Waals surface area contributed by atoms with Crippen LogP contribution in [-0.4, -0.2) is 29.3 Å². The van der Waals surface area contributed by atoms with Crippen molar-refractivity contribution in [3.8, 4) is 0 Å². The first kappa shape index (κ1) is 11.1. The van der Waals surface area contributed by atoms with Crippen LogP contribution in [0, 0.1) is 6.92 Å². The zero-order valence-electron chi connectivity index (χ0n) is 8.24. The summed E-state index contributed by atoms with van der Waals surface area (Å²) in [6.07, 6.45) is 0.354. The lowest BCUT2D eigenvalue weighted by molar-refractivity contribution is -0.117. The van der Waals surface area contributed by atoms with Crippen molar-refractivity contribution >= 4 is 22.4 Å². The van der Waals surface area contributed by atoms with Crippen LogP contribution in [-0.2, 0) is 9.53 Å². The Kier molecular flexibility index (Phi) is 4.48. The summed E-state index contributed by atoms with van der Waals surface area (Å²) in [6.45, 7) is 4.81. The van der Waals surface area contributed by atoms with Crippen molar-refractivity contribution in [2.24, 2.45) is 0 Å². The standard InChI is InChI=1S/C8H13N3O2S/c1-3-13-5-4-7(12)9-8-11-10-6(2)14-8/h3-5H2,1-2H3,(H,9,11,12). The van der Waals surface area contributed by atoms with Crippen LogP contribution in [0.3, 0.4) is 0 Å². The highest BCUT2D eigenvalue weighted by Gasteiger charge is 2.05. The summed E-state index contributed by atoms with van der Waals surface area (Å²) in [5.41, 5.74) is 0. The van der Waals surface area contributed by atoms with Crippen LogP contribution in [0.4, 0.5) is 5.13 Å². The smallest absolute Gasteiger partial charge is 0.228 e. The average molecular weight is 215 g/mol. The van der Waals surface area contributed by atoms with E-state index in [0.717, 1.165) is 5.01 Å². The molecule has 1 rings (SSSR count). The van der Waals surface area contributed by atoms with Crippen LogP contribution in [0.2, 0.25) is 0 Å². The molecule has 0 aromatic carbocycles. The minimum Gasteiger partial charge on any atom is -0.381 e. The Morgan fingerprint density at radius 1 is 1.57 bits per heavy atom. The molecule has 0 fully saturated rings. The van der Waals surface area contributed by atoms with Crippen molar-refractivity contribution in [2.45, 2.75) is 20.3 Å². The van der Waals surface area contributed by atoms with Crippen molar-refractivity contribution < 1.29 is 9.53 Å². The number of hydrogen-bond acceptors (Lipinski definition) is 5. The number of nitrogens with zero attached hydrogens (tertiary/aromatic N) is 2. The van der Waals surface area contributed by atoms with Gasteiger partial charge < -0.3 is 10.1 Å². The number of nitrogens with one attached hydrogen (secondary N) is 1. The molecule has 0 atom stereocenters. The molecule has 0 aliphatic heterocycles. The van der Waals surface area contributed by atoms with Gasteiger partial charge in [-0.25, -0.2) is 0 Å². The van der Waals surface area contributed by atoms with Gasteiger partial charge in [0, 0.05) is 6.61 Å². The molecule has 1 aromatic heterocycles. The summed E-state index contributed by atoms with van der Waals surface area (Å²) in [5, 5.41) is 11.6. The van der Waals surface area contributed by atoms with Gasteiger partial charge in [0.15, 0.2) is 0 Å². The molecule has 0 spiro atoms. The van der Waals surface area contributed by atoms with E-state index in [9.17, 15) is 4.79 Å². The highest BCUT2D eigenvalue weighted by atomic mass is 32.1. The van der Waals surface area contributed by atoms with Crippen molar-refractivity contribution in [1.82, 2.24) is 10.2 Å². The zero-order valence-corrected chi connectivity index (χ0v) is 9.06. The summed E-state index contributed by atoms with van der Waals surface area (Å²) < 4.78 is 5.05. The average Bonchev–Trinajstić information content (AvgIpc) is 2.52. The summed E-state index contributed by atoms with van der Waals surface area (Å²) in [6, 6.07) is 0. The highest BCUT2D eigenvalue weighted by Crippen LogP contribution is 2.13. The fraction of sp³-hybridized carbons (Fsp3) is 0.625. The third-order valence-corrected chi connectivity index (χ3v) is 2.20. The summed E-state index contributed by atoms with van der Waals surface area (Å²) >= 11 is 1.36. The number of amides is 1. The number of aromatic nitrogens is 2. The molecule has 14 heavy (non-hydrogen) atoms. The van der Waals surface area contributed by atoms with Crippen LogP contribution in [0.15, 0.2) is 0 Å². The maximum absolute atomic E-state index is 11.2. The van der Waals surface area contributed by atoms with E-state index in [0.29, 0.717) is 24.8 Å². The Labute approximate surface area is 86.5 Å². The first-order chi connectivity index (χ1) is 6.72. The molecule has 78 valence electrons. The molecule has 5 nitrogen and oxygen atoms in total. The van der Waals surface area contributed by atoms with Gasteiger partial charge in [0.2, 0.25) is 11.0 Å². The molecule has 1 aromatic rings. The lowest BCUT2D eigenvalue weighted by Crippen LogP contribution is -2.13. The van der Waals surface area contributed by atoms with Crippen LogP contribution in [0.25, 0.3) is 0 Å². The molecule has 1 amide bonds. The molecule has 0 bridgehead atoms. The molecule has 0 saturated heterocycles. The van der Waals surface area contributed by atoms with E-state index in [1.165, 1.54) is 11.3 Å². The number of aryl methyl sites for hydroxylation is 1. The molecule has 6 heteroatoms. The molecule has 0 saturated carbocycles. The predicted molar refractivity (Wildman–Crippen MR) is 54.4 cm³/mol. The lowest BCUT2D eigenvalue weighted by atomic mass is 10.4. The molecule has 0 radical (unpaired) electrons. The number of carbonyl (C=O) groups excluding carboxylic acids is 1. The van der Waals surface area contributed by atoms with Crippen molar-refractivity contribution in [2.75, 3.05) is 18.5 Å². The lowest BCUT2D eigenvalue weighted by Gasteiger charge is -2.00. The van der Waals surface area contributed by atoms with E-state index >= 15 is 0 Å². The van der Waals surface area contributed by atoms with E-state index < -0.39 is 0 Å². The topological polar surface area (TPSA) is 64.1 Å². The van der Waals surface area contributed by atoms with Gasteiger partial charge in [-0.15, -0.1) is 10.2 Å². The Hall–Kier alpha value is -1.01. The van der Waals surface area contributed by atoms with Gasteiger partial charge in [0.1, 0.15) is 5.01 Å². The fourth-order valence-corrected chi connectivity index (χ4v) is 1.45. The normalized spacial score (nSPS) is 10.1. The Morgan fingerprint density at radius 2 is 2.36 bits per heavy atom. The van der Waals surface area contributed by atoms with Gasteiger partial charge in [-0.05, 0) is 13.8 Å². The van der Waals surface area contributed by atoms with E-state index in [2.05, 4.69) is 15.5 Å². The fourth-order valence-electron chi connectivity index (χ4n) is 0.838. The summed E-state index contributed by atoms with van der Waals surface area (Å²) in [4.78, 5) is 11.2. The third-order valence-electron chi connectivity index (χ3n) is 1.45. The van der Waals surface area contributed by atoms with Crippen molar-refractivity contribution in [1.29, 1.82) is 0 Å². The maximum atomic E-state index is 11.2. The molecular formula is C8H13N3O2S. The molecule has 1 N–H and O–H groups in total. The Balaban J connectivity index is 2.27. The number of hydrogen-bond donors (Lipinski definition) is 1. The van der Waals surface area contributed by atoms with Crippen LogP contribution in [0.5, 0.6) is 0 Å². The van der Waals surface area contributed by atoms with Crippen LogP contribution < -0.4 is 5.32 Å². The second-order valence-electron chi connectivity index (χ2n) is 2.62. The zero-order chi connectivity index (χ0) is 10.4. The summed E-state index contributed by atoms with van der Waals surface area (Å²) in [5.74, 6) is -0.0883. The van der Waals surface area contributed by atoms with E-state index in [-0.39, 0.29) is 5.91 Å². The van der Waals surface area contributed by atoms with Gasteiger partial charge in [-0.3, -0.25) is 4.79 Å². The van der Waals surface area contributed by atoms with Crippen LogP contribution in [0.1, 0.15) is 18.4 Å². The van der Waals surface area contributed by atoms with E-state index in [4.69, 9.17) is 4.74 Å². The third kappa shape index (κ3) is 3.80. The van der Waals surface area contributed by atoms with Crippen LogP contribution >= 0.6 is 11.3 Å². The Morgan fingerprint density at radius 3 is 2.93 bits per heavy atom. The minimum absolute atomic E-state index is 0.0883. The van der Waals surface area contributed by atoms with Gasteiger partial charge in [0.05, 0.1) is 13.0 Å². The SMILES string of the molecule is CCOCCC(=O)Nc1nnc(C)s1. The van der Waals surface area contributed by atoms with Gasteiger partial charge in [-0.2, -0.15) is 0 Å². The number of anilines is 1. The first-order valence-electron chi connectivity index (χ1n) is 4.40. The van der Waals surface area contributed by atoms with Crippen molar-refractivity contribution in [3.63, 3.8) is 0 Å². The maximum Gasteiger partial charge on any atom is 0.228 e. The van der Waals surface area contributed by atoms with E-state index in [1.54, 1.807) is 0 Å². The Bertz CT molecular complexity index is 301. The quantitative estimate of drug-likeness (QED) is 0.750. The molecule has 0 aliphatic rings. The minimum atomic E-state index is -0.0883. The van der Waals surface area contributed by atoms with E-state index in [1.807, 2.05) is 13.8 Å². The molecular weight excluding hydrogens is 202 g/mol. The molecule has 1 heterocycles. The van der Waals surface area contributed by atoms with Crippen molar-refractivity contribution in [3.05, 3.63) is 5.01 Å². The second kappa shape index (κ2) is 5.66. The largest absolute Gasteiger partial charge is 0.381 e. The molecule has 0 unspecified atom stereocenters. The molecule has 0 aliphatic carbocycles. The first-order valence-corrected chi connectivity index (χ1v) is 5.21. The number of ether oxygens (including phenoxy) is 1. The highest BCUT2D eigenvalue weighted by molar-refractivity contribution is 7.15. The second-order valence-corrected chi connectivity index (χ2v) is 3.80. The number of rotatable bonds is 5. The van der Waals surface area contributed by atoms with Gasteiger partial charge in [0.25, 0.3) is 0 Å². The van der Waals surface area contributed by atoms with Gasteiger partial charge in [-0.1, -0.05) is 11.3 Å². The predicted octanol–water partition coefficient (Wildman–Crippen LogP) is 1.21. The monoisotopic (exact) mass is 215 g/mol. The number of carbonyl (C=O) groups is 1. The van der Waals surface area contributed by atoms with Gasteiger partial charge >= 0.3 is 0 Å².